The molecule has 33 heavy (non-hydrogen) atoms. The maximum atomic E-state index is 13.0. The van der Waals surface area contributed by atoms with Crippen LogP contribution < -0.4 is 9.47 Å². The van der Waals surface area contributed by atoms with Crippen molar-refractivity contribution in [1.82, 2.24) is 4.90 Å². The van der Waals surface area contributed by atoms with Crippen molar-refractivity contribution in [3.63, 3.8) is 0 Å². The van der Waals surface area contributed by atoms with Crippen LogP contribution in [0.2, 0.25) is 0 Å². The van der Waals surface area contributed by atoms with E-state index in [4.69, 9.17) is 19.3 Å². The molecule has 0 unspecified atom stereocenters. The van der Waals surface area contributed by atoms with Crippen molar-refractivity contribution in [2.24, 2.45) is 0 Å². The first-order valence-corrected chi connectivity index (χ1v) is 10.5. The summed E-state index contributed by atoms with van der Waals surface area (Å²) in [5.74, 6) is -0.571. The quantitative estimate of drug-likeness (QED) is 0.177. The summed E-state index contributed by atoms with van der Waals surface area (Å²) in [7, 11) is 1.54. The van der Waals surface area contributed by atoms with E-state index in [-0.39, 0.29) is 37.7 Å². The fourth-order valence-corrected chi connectivity index (χ4v) is 3.59. The molecule has 1 aliphatic rings. The molecule has 0 aromatic heterocycles. The number of likely N-dealkylation sites (tertiary alicyclic amines) is 1. The summed E-state index contributed by atoms with van der Waals surface area (Å²) < 4.78 is 16.0. The van der Waals surface area contributed by atoms with Gasteiger partial charge in [0.05, 0.1) is 38.5 Å². The van der Waals surface area contributed by atoms with Crippen LogP contribution in [-0.2, 0) is 14.3 Å². The van der Waals surface area contributed by atoms with Gasteiger partial charge in [-0.1, -0.05) is 24.8 Å². The Morgan fingerprint density at radius 3 is 2.33 bits per heavy atom. The van der Waals surface area contributed by atoms with Crippen LogP contribution >= 0.6 is 0 Å². The number of amides is 1. The Labute approximate surface area is 192 Å². The largest absolute Gasteiger partial charge is 0.507 e. The zero-order valence-electron chi connectivity index (χ0n) is 18.4. The first-order valence-electron chi connectivity index (χ1n) is 10.5. The molecule has 3 rings (SSSR count). The third kappa shape index (κ3) is 5.42. The van der Waals surface area contributed by atoms with Crippen LogP contribution in [0.3, 0.4) is 0 Å². The lowest BCUT2D eigenvalue weighted by Gasteiger charge is -2.25. The number of Topliss-reactive ketones (excluding diaryl/α,β-unsaturated/α-hetero) is 1. The van der Waals surface area contributed by atoms with Gasteiger partial charge in [-0.3, -0.25) is 9.59 Å². The number of rotatable bonds is 11. The number of nitrogens with zero attached hydrogens (tertiary/aromatic N) is 1. The topological polar surface area (TPSA) is 106 Å². The number of ketones is 1. The van der Waals surface area contributed by atoms with E-state index in [0.29, 0.717) is 29.2 Å². The molecule has 0 aliphatic carbocycles. The highest BCUT2D eigenvalue weighted by Crippen LogP contribution is 2.39. The molecule has 174 valence electrons. The van der Waals surface area contributed by atoms with Gasteiger partial charge in [0.15, 0.2) is 0 Å². The smallest absolute Gasteiger partial charge is 0.295 e. The van der Waals surface area contributed by atoms with Gasteiger partial charge in [-0.2, -0.15) is 0 Å². The average Bonchev–Trinajstić information content (AvgIpc) is 3.10. The third-order valence-corrected chi connectivity index (χ3v) is 5.18. The van der Waals surface area contributed by atoms with Crippen molar-refractivity contribution in [2.75, 3.05) is 40.1 Å². The minimum atomic E-state index is -0.801. The van der Waals surface area contributed by atoms with Gasteiger partial charge in [0.2, 0.25) is 0 Å². The van der Waals surface area contributed by atoms with Crippen molar-refractivity contribution >= 4 is 17.4 Å². The van der Waals surface area contributed by atoms with Crippen molar-refractivity contribution in [1.29, 1.82) is 0 Å². The summed E-state index contributed by atoms with van der Waals surface area (Å²) in [6.07, 6.45) is 1.62. The molecule has 2 N–H and O–H groups in total. The van der Waals surface area contributed by atoms with Gasteiger partial charge in [0.1, 0.15) is 23.9 Å². The van der Waals surface area contributed by atoms with Gasteiger partial charge in [-0.05, 0) is 42.0 Å². The Kier molecular flexibility index (Phi) is 8.23. The van der Waals surface area contributed by atoms with Gasteiger partial charge in [-0.25, -0.2) is 0 Å². The summed E-state index contributed by atoms with van der Waals surface area (Å²) >= 11 is 0. The van der Waals surface area contributed by atoms with Crippen LogP contribution in [-0.4, -0.2) is 66.9 Å². The van der Waals surface area contributed by atoms with Gasteiger partial charge in [0.25, 0.3) is 11.7 Å². The van der Waals surface area contributed by atoms with Crippen LogP contribution in [0.15, 0.2) is 66.8 Å². The van der Waals surface area contributed by atoms with E-state index < -0.39 is 17.7 Å². The second-order valence-corrected chi connectivity index (χ2v) is 7.23. The van der Waals surface area contributed by atoms with Crippen molar-refractivity contribution < 1.29 is 34.0 Å². The molecular weight excluding hydrogens is 426 g/mol. The highest BCUT2D eigenvalue weighted by atomic mass is 16.5. The van der Waals surface area contributed by atoms with E-state index >= 15 is 0 Å². The Morgan fingerprint density at radius 1 is 1.06 bits per heavy atom. The number of benzene rings is 2. The molecule has 8 nitrogen and oxygen atoms in total. The monoisotopic (exact) mass is 453 g/mol. The molecule has 8 heteroatoms. The Hall–Kier alpha value is -3.62. The van der Waals surface area contributed by atoms with Crippen LogP contribution in [0.5, 0.6) is 11.5 Å². The van der Waals surface area contributed by atoms with E-state index in [1.54, 1.807) is 61.7 Å². The molecule has 1 saturated heterocycles. The van der Waals surface area contributed by atoms with Crippen molar-refractivity contribution in [2.45, 2.75) is 6.04 Å². The number of methoxy groups -OCH3 is 1. The van der Waals surface area contributed by atoms with Gasteiger partial charge in [-0.15, -0.1) is 0 Å². The maximum absolute atomic E-state index is 13.0. The lowest BCUT2D eigenvalue weighted by Crippen LogP contribution is -2.33. The van der Waals surface area contributed by atoms with Crippen LogP contribution in [0.25, 0.3) is 5.76 Å². The number of aliphatic hydroxyl groups excluding tert-OH is 2. The second-order valence-electron chi connectivity index (χ2n) is 7.23. The zero-order chi connectivity index (χ0) is 23.8. The standard InChI is InChI=1S/C25H27NO7/c1-3-14-33-20-10-6-18(7-11-20)23(28)21-22(17-4-8-19(31-2)9-5-17)26(25(30)24(21)29)12-15-32-16-13-27/h3-11,22,27-28H,1,12-16H2,2H3/t22-/m1/s1. The molecule has 2 aromatic carbocycles. The number of hydrogen-bond acceptors (Lipinski definition) is 7. The predicted octanol–water partition coefficient (Wildman–Crippen LogP) is 2.69. The SMILES string of the molecule is C=CCOc1ccc(C(O)=C2C(=O)C(=O)N(CCOCCO)[C@@H]2c2ccc(OC)cc2)cc1. The second kappa shape index (κ2) is 11.3. The Bertz CT molecular complexity index is 1010. The molecular formula is C25H27NO7. The van der Waals surface area contributed by atoms with Gasteiger partial charge >= 0.3 is 0 Å². The summed E-state index contributed by atoms with van der Waals surface area (Å²) in [4.78, 5) is 27.2. The van der Waals surface area contributed by atoms with Crippen molar-refractivity contribution in [3.05, 3.63) is 77.9 Å². The molecule has 0 spiro atoms. The highest BCUT2D eigenvalue weighted by Gasteiger charge is 2.45. The lowest BCUT2D eigenvalue weighted by atomic mass is 9.95. The molecule has 0 saturated carbocycles. The number of aliphatic hydroxyl groups is 2. The van der Waals surface area contributed by atoms with E-state index in [1.807, 2.05) is 0 Å². The van der Waals surface area contributed by atoms with E-state index in [9.17, 15) is 14.7 Å². The summed E-state index contributed by atoms with van der Waals surface area (Å²) in [5.41, 5.74) is 1.02. The molecule has 0 bridgehead atoms. The molecule has 1 amide bonds. The lowest BCUT2D eigenvalue weighted by molar-refractivity contribution is -0.140. The molecule has 2 aromatic rings. The number of carbonyl (C=O) groups is 2. The summed E-state index contributed by atoms with van der Waals surface area (Å²) in [6, 6.07) is 12.7. The molecule has 1 atom stereocenters. The maximum Gasteiger partial charge on any atom is 0.295 e. The summed E-state index contributed by atoms with van der Waals surface area (Å²) in [5, 5.41) is 20.0. The first-order chi connectivity index (χ1) is 16.0. The Balaban J connectivity index is 2.00. The number of carbonyl (C=O) groups excluding carboxylic acids is 2. The molecule has 0 radical (unpaired) electrons. The first kappa shape index (κ1) is 24.0. The fraction of sp³-hybridized carbons (Fsp3) is 0.280. The zero-order valence-corrected chi connectivity index (χ0v) is 18.4. The molecule has 1 fully saturated rings. The Morgan fingerprint density at radius 2 is 1.73 bits per heavy atom. The fourth-order valence-electron chi connectivity index (χ4n) is 3.59. The molecule has 1 aliphatic heterocycles. The number of hydrogen-bond donors (Lipinski definition) is 2. The average molecular weight is 453 g/mol. The van der Waals surface area contributed by atoms with E-state index in [2.05, 4.69) is 6.58 Å². The third-order valence-electron chi connectivity index (χ3n) is 5.18. The van der Waals surface area contributed by atoms with Gasteiger partial charge in [0, 0.05) is 12.1 Å². The van der Waals surface area contributed by atoms with Crippen LogP contribution in [0, 0.1) is 0 Å². The summed E-state index contributed by atoms with van der Waals surface area (Å²) in [6.45, 7) is 4.17. The predicted molar refractivity (Wildman–Crippen MR) is 122 cm³/mol. The minimum Gasteiger partial charge on any atom is -0.507 e. The van der Waals surface area contributed by atoms with Crippen LogP contribution in [0.4, 0.5) is 0 Å². The number of ether oxygens (including phenoxy) is 3. The van der Waals surface area contributed by atoms with Crippen LogP contribution in [0.1, 0.15) is 17.2 Å². The van der Waals surface area contributed by atoms with Gasteiger partial charge < -0.3 is 29.3 Å². The van der Waals surface area contributed by atoms with E-state index in [1.165, 1.54) is 4.90 Å². The van der Waals surface area contributed by atoms with E-state index in [0.717, 1.165) is 0 Å². The highest BCUT2D eigenvalue weighted by molar-refractivity contribution is 6.46. The van der Waals surface area contributed by atoms with Crippen molar-refractivity contribution in [3.8, 4) is 11.5 Å². The minimum absolute atomic E-state index is 0.00733. The normalized spacial score (nSPS) is 17.3. The molecule has 1 heterocycles.